The van der Waals surface area contributed by atoms with Crippen LogP contribution < -0.4 is 0 Å². The van der Waals surface area contributed by atoms with Crippen LogP contribution in [0.25, 0.3) is 16.5 Å². The molecule has 1 aliphatic rings. The molecule has 0 atom stereocenters. The number of rotatable bonds is 4. The quantitative estimate of drug-likeness (QED) is 0.606. The normalized spacial score (nSPS) is 16.5. The number of imide groups is 1. The molecule has 3 nitrogen and oxygen atoms in total. The van der Waals surface area contributed by atoms with Crippen LogP contribution in [0, 0.1) is 0 Å². The summed E-state index contributed by atoms with van der Waals surface area (Å²) in [5.74, 6) is -0.246. The van der Waals surface area contributed by atoms with E-state index in [4.69, 9.17) is 0 Å². The van der Waals surface area contributed by atoms with Crippen molar-refractivity contribution < 1.29 is 9.59 Å². The first-order valence-corrected chi connectivity index (χ1v) is 8.34. The SMILES string of the molecule is C=CCN1C(=O)SC(=Cc2ccc(-c3ccccc3)s2)C1=O. The molecule has 2 aromatic rings. The van der Waals surface area contributed by atoms with Crippen molar-refractivity contribution in [3.63, 3.8) is 0 Å². The van der Waals surface area contributed by atoms with Gasteiger partial charge in [-0.15, -0.1) is 17.9 Å². The van der Waals surface area contributed by atoms with Crippen LogP contribution in [-0.2, 0) is 4.79 Å². The van der Waals surface area contributed by atoms with Gasteiger partial charge in [-0.1, -0.05) is 36.4 Å². The van der Waals surface area contributed by atoms with Crippen molar-refractivity contribution in [2.75, 3.05) is 6.54 Å². The predicted octanol–water partition coefficient (Wildman–Crippen LogP) is 4.64. The second kappa shape index (κ2) is 6.34. The largest absolute Gasteiger partial charge is 0.293 e. The molecule has 1 aliphatic heterocycles. The van der Waals surface area contributed by atoms with Crippen molar-refractivity contribution in [3.8, 4) is 10.4 Å². The Hall–Kier alpha value is -2.11. The van der Waals surface area contributed by atoms with Gasteiger partial charge in [0.25, 0.3) is 11.1 Å². The maximum Gasteiger partial charge on any atom is 0.293 e. The molecule has 5 heteroatoms. The highest BCUT2D eigenvalue weighted by Crippen LogP contribution is 2.35. The van der Waals surface area contributed by atoms with E-state index in [2.05, 4.69) is 6.58 Å². The minimum atomic E-state index is -0.246. The number of nitrogens with zero attached hydrogens (tertiary/aromatic N) is 1. The number of amides is 2. The molecule has 0 N–H and O–H groups in total. The first-order chi connectivity index (χ1) is 10.7. The molecule has 1 fully saturated rings. The summed E-state index contributed by atoms with van der Waals surface area (Å²) in [6.07, 6.45) is 3.34. The van der Waals surface area contributed by atoms with Crippen LogP contribution >= 0.6 is 23.1 Å². The molecule has 0 saturated carbocycles. The molecule has 1 aromatic carbocycles. The van der Waals surface area contributed by atoms with Gasteiger partial charge in [0.05, 0.1) is 4.91 Å². The number of thioether (sulfide) groups is 1. The zero-order valence-corrected chi connectivity index (χ0v) is 13.3. The predicted molar refractivity (Wildman–Crippen MR) is 92.6 cm³/mol. The smallest absolute Gasteiger partial charge is 0.268 e. The van der Waals surface area contributed by atoms with Gasteiger partial charge in [-0.25, -0.2) is 0 Å². The lowest BCUT2D eigenvalue weighted by atomic mass is 10.2. The van der Waals surface area contributed by atoms with Crippen molar-refractivity contribution in [3.05, 3.63) is 64.9 Å². The monoisotopic (exact) mass is 327 g/mol. The number of carbonyl (C=O) groups is 2. The summed E-state index contributed by atoms with van der Waals surface area (Å²) >= 11 is 2.58. The summed E-state index contributed by atoms with van der Waals surface area (Å²) in [4.78, 5) is 27.7. The average molecular weight is 327 g/mol. The van der Waals surface area contributed by atoms with Crippen LogP contribution in [0.15, 0.2) is 60.0 Å². The molecule has 0 unspecified atom stereocenters. The fourth-order valence-corrected chi connectivity index (χ4v) is 3.97. The second-order valence-electron chi connectivity index (χ2n) is 4.65. The Bertz CT molecular complexity index is 762. The maximum atomic E-state index is 12.2. The van der Waals surface area contributed by atoms with Gasteiger partial charge in [-0.3, -0.25) is 14.5 Å². The summed E-state index contributed by atoms with van der Waals surface area (Å²) in [6, 6.07) is 14.1. The van der Waals surface area contributed by atoms with Crippen LogP contribution in [0.1, 0.15) is 4.88 Å². The first kappa shape index (κ1) is 14.8. The Morgan fingerprint density at radius 1 is 1.09 bits per heavy atom. The fraction of sp³-hybridized carbons (Fsp3) is 0.0588. The van der Waals surface area contributed by atoms with Gasteiger partial charge in [0.15, 0.2) is 0 Å². The van der Waals surface area contributed by atoms with E-state index in [0.717, 1.165) is 27.1 Å². The molecule has 3 rings (SSSR count). The zero-order valence-electron chi connectivity index (χ0n) is 11.7. The molecule has 2 amide bonds. The van der Waals surface area contributed by atoms with E-state index >= 15 is 0 Å². The fourth-order valence-electron chi connectivity index (χ4n) is 2.10. The molecular formula is C17H13NO2S2. The molecule has 22 heavy (non-hydrogen) atoms. The molecular weight excluding hydrogens is 314 g/mol. The summed E-state index contributed by atoms with van der Waals surface area (Å²) < 4.78 is 0. The highest BCUT2D eigenvalue weighted by molar-refractivity contribution is 8.18. The van der Waals surface area contributed by atoms with Gasteiger partial charge in [0, 0.05) is 16.3 Å². The van der Waals surface area contributed by atoms with E-state index in [-0.39, 0.29) is 17.7 Å². The Morgan fingerprint density at radius 2 is 1.86 bits per heavy atom. The lowest BCUT2D eigenvalue weighted by Gasteiger charge is -2.07. The third-order valence-corrected chi connectivity index (χ3v) is 5.13. The van der Waals surface area contributed by atoms with Gasteiger partial charge in [-0.05, 0) is 35.5 Å². The van der Waals surface area contributed by atoms with Crippen LogP contribution in [-0.4, -0.2) is 22.6 Å². The summed E-state index contributed by atoms with van der Waals surface area (Å²) in [6.45, 7) is 3.82. The molecule has 0 aliphatic carbocycles. The highest BCUT2D eigenvalue weighted by atomic mass is 32.2. The standard InChI is InChI=1S/C17H13NO2S2/c1-2-10-18-16(19)15(22-17(18)20)11-13-8-9-14(21-13)12-6-4-3-5-7-12/h2-9,11H,1,10H2. The molecule has 0 radical (unpaired) electrons. The van der Waals surface area contributed by atoms with Gasteiger partial charge in [0.1, 0.15) is 0 Å². The van der Waals surface area contributed by atoms with Crippen molar-refractivity contribution in [2.24, 2.45) is 0 Å². The molecule has 1 saturated heterocycles. The number of hydrogen-bond acceptors (Lipinski definition) is 4. The van der Waals surface area contributed by atoms with E-state index in [0.29, 0.717) is 4.91 Å². The molecule has 0 bridgehead atoms. The lowest BCUT2D eigenvalue weighted by molar-refractivity contribution is -0.122. The van der Waals surface area contributed by atoms with Crippen molar-refractivity contribution in [1.29, 1.82) is 0 Å². The third kappa shape index (κ3) is 2.91. The number of benzene rings is 1. The summed E-state index contributed by atoms with van der Waals surface area (Å²) in [5, 5.41) is -0.240. The van der Waals surface area contributed by atoms with E-state index < -0.39 is 0 Å². The van der Waals surface area contributed by atoms with Crippen molar-refractivity contribution >= 4 is 40.3 Å². The molecule has 0 spiro atoms. The zero-order chi connectivity index (χ0) is 15.5. The van der Waals surface area contributed by atoms with Crippen molar-refractivity contribution in [2.45, 2.75) is 0 Å². The Morgan fingerprint density at radius 3 is 2.59 bits per heavy atom. The van der Waals surface area contributed by atoms with Crippen LogP contribution in [0.5, 0.6) is 0 Å². The number of thiophene rings is 1. The Balaban J connectivity index is 1.85. The third-order valence-electron chi connectivity index (χ3n) is 3.14. The van der Waals surface area contributed by atoms with Crippen LogP contribution in [0.2, 0.25) is 0 Å². The maximum absolute atomic E-state index is 12.2. The number of carbonyl (C=O) groups excluding carboxylic acids is 2. The second-order valence-corrected chi connectivity index (χ2v) is 6.76. The Labute approximate surface area is 137 Å². The average Bonchev–Trinajstić information content (AvgIpc) is 3.09. The first-order valence-electron chi connectivity index (χ1n) is 6.70. The molecule has 110 valence electrons. The van der Waals surface area contributed by atoms with E-state index in [1.54, 1.807) is 23.5 Å². The van der Waals surface area contributed by atoms with E-state index in [1.165, 1.54) is 4.90 Å². The van der Waals surface area contributed by atoms with Gasteiger partial charge in [0.2, 0.25) is 0 Å². The summed E-state index contributed by atoms with van der Waals surface area (Å²) in [7, 11) is 0. The van der Waals surface area contributed by atoms with E-state index in [9.17, 15) is 9.59 Å². The minimum Gasteiger partial charge on any atom is -0.268 e. The topological polar surface area (TPSA) is 37.4 Å². The van der Waals surface area contributed by atoms with Gasteiger partial charge < -0.3 is 0 Å². The van der Waals surface area contributed by atoms with E-state index in [1.807, 2.05) is 42.5 Å². The Kier molecular flexibility index (Phi) is 4.27. The van der Waals surface area contributed by atoms with Crippen LogP contribution in [0.4, 0.5) is 4.79 Å². The number of hydrogen-bond donors (Lipinski definition) is 0. The van der Waals surface area contributed by atoms with Crippen LogP contribution in [0.3, 0.4) is 0 Å². The lowest BCUT2D eigenvalue weighted by Crippen LogP contribution is -2.27. The highest BCUT2D eigenvalue weighted by Gasteiger charge is 2.34. The van der Waals surface area contributed by atoms with Crippen molar-refractivity contribution in [1.82, 2.24) is 4.90 Å². The minimum absolute atomic E-state index is 0.240. The summed E-state index contributed by atoms with van der Waals surface area (Å²) in [5.41, 5.74) is 1.15. The van der Waals surface area contributed by atoms with Gasteiger partial charge >= 0.3 is 0 Å². The molecule has 2 heterocycles. The molecule has 1 aromatic heterocycles. The van der Waals surface area contributed by atoms with Gasteiger partial charge in [-0.2, -0.15) is 0 Å².